The SMILES string of the molecule is Oc1ccccc1OCCN(Cc1ccccc1)CC(O)COc1cccc2[nH]c3ccccc3c12. The zero-order valence-electron chi connectivity index (χ0n) is 20.0. The van der Waals surface area contributed by atoms with E-state index in [0.29, 0.717) is 32.0 Å². The molecule has 0 saturated carbocycles. The van der Waals surface area contributed by atoms with Gasteiger partial charge in [-0.1, -0.05) is 66.7 Å². The van der Waals surface area contributed by atoms with E-state index in [0.717, 1.165) is 33.1 Å². The lowest BCUT2D eigenvalue weighted by Crippen LogP contribution is -2.37. The summed E-state index contributed by atoms with van der Waals surface area (Å²) in [4.78, 5) is 5.56. The number of hydrogen-bond donors (Lipinski definition) is 3. The second kappa shape index (κ2) is 11.2. The monoisotopic (exact) mass is 482 g/mol. The molecule has 1 unspecified atom stereocenters. The van der Waals surface area contributed by atoms with Crippen LogP contribution in [0, 0.1) is 0 Å². The maximum absolute atomic E-state index is 10.9. The number of hydrogen-bond acceptors (Lipinski definition) is 5. The van der Waals surface area contributed by atoms with Gasteiger partial charge in [0, 0.05) is 35.9 Å². The van der Waals surface area contributed by atoms with E-state index in [2.05, 4.69) is 28.1 Å². The van der Waals surface area contributed by atoms with Crippen molar-refractivity contribution in [2.24, 2.45) is 0 Å². The number of ether oxygens (including phenoxy) is 2. The first-order valence-corrected chi connectivity index (χ1v) is 12.1. The topological polar surface area (TPSA) is 78.0 Å². The van der Waals surface area contributed by atoms with Gasteiger partial charge in [0.2, 0.25) is 0 Å². The largest absolute Gasteiger partial charge is 0.504 e. The molecule has 1 atom stereocenters. The molecule has 3 N–H and O–H groups in total. The minimum Gasteiger partial charge on any atom is -0.504 e. The van der Waals surface area contributed by atoms with Crippen LogP contribution in [0.1, 0.15) is 5.56 Å². The summed E-state index contributed by atoms with van der Waals surface area (Å²) in [6.45, 7) is 2.22. The number of fused-ring (bicyclic) bond motifs is 3. The number of aromatic amines is 1. The highest BCUT2D eigenvalue weighted by atomic mass is 16.5. The van der Waals surface area contributed by atoms with Gasteiger partial charge in [0.1, 0.15) is 25.1 Å². The molecule has 1 heterocycles. The van der Waals surface area contributed by atoms with E-state index in [-0.39, 0.29) is 12.4 Å². The van der Waals surface area contributed by atoms with Gasteiger partial charge in [-0.25, -0.2) is 0 Å². The van der Waals surface area contributed by atoms with Crippen molar-refractivity contribution >= 4 is 21.8 Å². The highest BCUT2D eigenvalue weighted by Crippen LogP contribution is 2.33. The lowest BCUT2D eigenvalue weighted by atomic mass is 10.1. The van der Waals surface area contributed by atoms with Crippen LogP contribution in [-0.4, -0.2) is 52.5 Å². The van der Waals surface area contributed by atoms with Crippen LogP contribution in [0.3, 0.4) is 0 Å². The minimum absolute atomic E-state index is 0.118. The normalized spacial score (nSPS) is 12.3. The van der Waals surface area contributed by atoms with E-state index in [1.54, 1.807) is 18.2 Å². The van der Waals surface area contributed by atoms with Gasteiger partial charge in [0.05, 0.1) is 5.52 Å². The standard InChI is InChI=1S/C30H30N2O4/c33-23(21-36-29-16-8-13-26-30(29)24-11-4-5-12-25(24)31-26)20-32(19-22-9-2-1-3-10-22)17-18-35-28-15-7-6-14-27(28)34/h1-16,23,31,33-34H,17-21H2. The van der Waals surface area contributed by atoms with Crippen molar-refractivity contribution in [1.82, 2.24) is 9.88 Å². The third kappa shape index (κ3) is 5.62. The number of rotatable bonds is 11. The van der Waals surface area contributed by atoms with Crippen LogP contribution in [0.25, 0.3) is 21.8 Å². The molecule has 6 nitrogen and oxygen atoms in total. The summed E-state index contributed by atoms with van der Waals surface area (Å²) in [5.74, 6) is 1.32. The van der Waals surface area contributed by atoms with Gasteiger partial charge in [0.25, 0.3) is 0 Å². The van der Waals surface area contributed by atoms with Gasteiger partial charge >= 0.3 is 0 Å². The molecule has 1 aromatic heterocycles. The number of benzene rings is 4. The molecule has 0 fully saturated rings. The second-order valence-electron chi connectivity index (χ2n) is 8.85. The molecule has 0 aliphatic carbocycles. The number of nitrogens with one attached hydrogen (secondary N) is 1. The first kappa shape index (κ1) is 23.7. The van der Waals surface area contributed by atoms with Crippen molar-refractivity contribution in [2.45, 2.75) is 12.6 Å². The van der Waals surface area contributed by atoms with Gasteiger partial charge in [0.15, 0.2) is 11.5 Å². The molecule has 0 saturated heterocycles. The van der Waals surface area contributed by atoms with Crippen LogP contribution in [0.15, 0.2) is 97.1 Å². The molecule has 36 heavy (non-hydrogen) atoms. The first-order valence-electron chi connectivity index (χ1n) is 12.1. The summed E-state index contributed by atoms with van der Waals surface area (Å²) < 4.78 is 11.9. The van der Waals surface area contributed by atoms with E-state index >= 15 is 0 Å². The maximum atomic E-state index is 10.9. The fraction of sp³-hybridized carbons (Fsp3) is 0.200. The summed E-state index contributed by atoms with van der Waals surface area (Å²) in [6, 6.07) is 31.1. The molecule has 0 bridgehead atoms. The number of para-hydroxylation sites is 3. The molecule has 0 radical (unpaired) electrons. The van der Waals surface area contributed by atoms with Crippen LogP contribution in [0.5, 0.6) is 17.2 Å². The summed E-state index contributed by atoms with van der Waals surface area (Å²) in [6.07, 6.45) is -0.695. The summed E-state index contributed by atoms with van der Waals surface area (Å²) in [7, 11) is 0. The third-order valence-corrected chi connectivity index (χ3v) is 6.17. The van der Waals surface area contributed by atoms with E-state index in [4.69, 9.17) is 9.47 Å². The van der Waals surface area contributed by atoms with Crippen LogP contribution in [-0.2, 0) is 6.54 Å². The van der Waals surface area contributed by atoms with E-state index in [9.17, 15) is 10.2 Å². The summed E-state index contributed by atoms with van der Waals surface area (Å²) in [5.41, 5.74) is 3.22. The Labute approximate surface area is 210 Å². The minimum atomic E-state index is -0.695. The highest BCUT2D eigenvalue weighted by molar-refractivity contribution is 6.10. The Morgan fingerprint density at radius 2 is 1.47 bits per heavy atom. The average molecular weight is 483 g/mol. The van der Waals surface area contributed by atoms with Gasteiger partial charge in [-0.05, 0) is 35.9 Å². The average Bonchev–Trinajstić information content (AvgIpc) is 3.28. The number of aliphatic hydroxyl groups is 1. The Hall–Kier alpha value is -4.00. The van der Waals surface area contributed by atoms with Crippen LogP contribution >= 0.6 is 0 Å². The lowest BCUT2D eigenvalue weighted by molar-refractivity contribution is 0.0608. The molecule has 0 aliphatic rings. The van der Waals surface area contributed by atoms with Crippen LogP contribution in [0.2, 0.25) is 0 Å². The third-order valence-electron chi connectivity index (χ3n) is 6.17. The number of aliphatic hydroxyl groups excluding tert-OH is 1. The number of nitrogens with zero attached hydrogens (tertiary/aromatic N) is 1. The second-order valence-corrected chi connectivity index (χ2v) is 8.85. The molecular formula is C30H30N2O4. The molecular weight excluding hydrogens is 452 g/mol. The maximum Gasteiger partial charge on any atom is 0.160 e. The number of phenols is 1. The van der Waals surface area contributed by atoms with E-state index in [1.165, 1.54) is 0 Å². The van der Waals surface area contributed by atoms with Gasteiger partial charge in [-0.2, -0.15) is 0 Å². The Morgan fingerprint density at radius 3 is 2.33 bits per heavy atom. The molecule has 0 spiro atoms. The number of aromatic nitrogens is 1. The fourth-order valence-corrected chi connectivity index (χ4v) is 4.47. The smallest absolute Gasteiger partial charge is 0.160 e. The first-order chi connectivity index (χ1) is 17.7. The van der Waals surface area contributed by atoms with E-state index in [1.807, 2.05) is 60.7 Å². The van der Waals surface area contributed by atoms with Crippen LogP contribution < -0.4 is 9.47 Å². The fourth-order valence-electron chi connectivity index (χ4n) is 4.47. The van der Waals surface area contributed by atoms with Crippen LogP contribution in [0.4, 0.5) is 0 Å². The molecule has 4 aromatic carbocycles. The zero-order chi connectivity index (χ0) is 24.7. The molecule has 0 aliphatic heterocycles. The Kier molecular flexibility index (Phi) is 7.36. The van der Waals surface area contributed by atoms with Crippen molar-refractivity contribution in [1.29, 1.82) is 0 Å². The molecule has 5 aromatic rings. The Bertz CT molecular complexity index is 1420. The summed E-state index contributed by atoms with van der Waals surface area (Å²) in [5, 5.41) is 23.0. The zero-order valence-corrected chi connectivity index (χ0v) is 20.0. The Balaban J connectivity index is 1.24. The predicted molar refractivity (Wildman–Crippen MR) is 143 cm³/mol. The Morgan fingerprint density at radius 1 is 0.750 bits per heavy atom. The van der Waals surface area contributed by atoms with Crippen molar-refractivity contribution in [2.75, 3.05) is 26.3 Å². The predicted octanol–water partition coefficient (Wildman–Crippen LogP) is 5.35. The highest BCUT2D eigenvalue weighted by Gasteiger charge is 2.16. The molecule has 5 rings (SSSR count). The van der Waals surface area contributed by atoms with Gasteiger partial charge < -0.3 is 24.7 Å². The summed E-state index contributed by atoms with van der Waals surface area (Å²) >= 11 is 0. The quantitative estimate of drug-likeness (QED) is 0.237. The van der Waals surface area contributed by atoms with Crippen molar-refractivity contribution < 1.29 is 19.7 Å². The van der Waals surface area contributed by atoms with Gasteiger partial charge in [-0.15, -0.1) is 0 Å². The van der Waals surface area contributed by atoms with Crippen molar-refractivity contribution in [3.63, 3.8) is 0 Å². The lowest BCUT2D eigenvalue weighted by Gasteiger charge is -2.25. The molecule has 0 amide bonds. The number of aromatic hydroxyl groups is 1. The van der Waals surface area contributed by atoms with Crippen molar-refractivity contribution in [3.05, 3.63) is 103 Å². The molecule has 6 heteroatoms. The van der Waals surface area contributed by atoms with Crippen molar-refractivity contribution in [3.8, 4) is 17.2 Å². The molecule has 184 valence electrons. The number of phenolic OH excluding ortho intramolecular Hbond substituents is 1. The number of H-pyrrole nitrogens is 1. The van der Waals surface area contributed by atoms with Gasteiger partial charge in [-0.3, -0.25) is 4.90 Å². The van der Waals surface area contributed by atoms with E-state index < -0.39 is 6.10 Å².